The standard InChI is InChI=1S/C37H44N2O11S3/c1-23(5-8-25-13-15-36(3)30-17-24(2)7-11-32(30)38(34(25)36)19-27(40)21-51(42,43)44)6-9-26-14-16-37(4)31-18-29(53(48,49)50)10-12-33(31)39(35(26)37)20-28(41)22-52(45,46)47/h5-12,17-18,27-28,40-41H,13-16,19-22H2,1-4H3,(H2-,42,43,44,45,46,47,48,49,50)/p+1. The summed E-state index contributed by atoms with van der Waals surface area (Å²) in [5.74, 6) is -1.66. The molecule has 4 atom stereocenters. The van der Waals surface area contributed by atoms with Crippen LogP contribution in [0.1, 0.15) is 63.1 Å². The zero-order chi connectivity index (χ0) is 38.9. The molecule has 1 saturated carbocycles. The maximum absolute atomic E-state index is 12.0. The molecule has 2 aliphatic carbocycles. The maximum Gasteiger partial charge on any atom is 0.294 e. The highest BCUT2D eigenvalue weighted by molar-refractivity contribution is 7.86. The molecule has 286 valence electrons. The summed E-state index contributed by atoms with van der Waals surface area (Å²) in [5.41, 5.74) is 7.72. The predicted octanol–water partition coefficient (Wildman–Crippen LogP) is 4.14. The van der Waals surface area contributed by atoms with Gasteiger partial charge in [-0.2, -0.15) is 29.8 Å². The van der Waals surface area contributed by atoms with Crippen LogP contribution in [0.15, 0.2) is 88.0 Å². The van der Waals surface area contributed by atoms with Crippen molar-refractivity contribution in [3.05, 3.63) is 99.8 Å². The number of β-amino-alcohol motifs (C(OH)–C–C–N with tert-alkyl or cyclic N) is 2. The Kier molecular flexibility index (Phi) is 10.1. The minimum atomic E-state index is -4.51. The van der Waals surface area contributed by atoms with E-state index in [0.29, 0.717) is 24.1 Å². The van der Waals surface area contributed by atoms with Gasteiger partial charge < -0.3 is 15.1 Å². The molecule has 2 heterocycles. The molecule has 0 aromatic heterocycles. The lowest BCUT2D eigenvalue weighted by Gasteiger charge is -2.28. The lowest BCUT2D eigenvalue weighted by atomic mass is 9.81. The maximum atomic E-state index is 12.0. The fraction of sp³-hybridized carbons (Fsp3) is 0.432. The number of hydrogen-bond acceptors (Lipinski definition) is 9. The van der Waals surface area contributed by atoms with Crippen molar-refractivity contribution in [3.8, 4) is 0 Å². The van der Waals surface area contributed by atoms with Gasteiger partial charge in [-0.25, -0.2) is 0 Å². The fourth-order valence-electron chi connectivity index (χ4n) is 8.58. The molecule has 53 heavy (non-hydrogen) atoms. The van der Waals surface area contributed by atoms with Gasteiger partial charge in [0.1, 0.15) is 17.6 Å². The molecule has 2 aromatic rings. The van der Waals surface area contributed by atoms with Gasteiger partial charge in [0, 0.05) is 40.5 Å². The minimum absolute atomic E-state index is 0.0139. The van der Waals surface area contributed by atoms with Gasteiger partial charge in [-0.1, -0.05) is 47.6 Å². The van der Waals surface area contributed by atoms with Crippen LogP contribution in [0.25, 0.3) is 0 Å². The Morgan fingerprint density at radius 1 is 0.887 bits per heavy atom. The van der Waals surface area contributed by atoms with E-state index in [9.17, 15) is 49.1 Å². The van der Waals surface area contributed by atoms with Gasteiger partial charge in [0.15, 0.2) is 12.3 Å². The summed E-state index contributed by atoms with van der Waals surface area (Å²) in [4.78, 5) is 1.69. The molecule has 0 amide bonds. The SMILES string of the molecule is CC(C=CC1=C2N(CC(O)CS(=O)(=O)O)c3ccc(C)cc3C2(C)CC1)=CC=C1CCC2(C)C1=[N+](CC(O)CS(=O)(=O)O)c1ccc(S(=O)(=O)O)cc12. The second-order valence-electron chi connectivity index (χ2n) is 15.0. The first-order valence-corrected chi connectivity index (χ1v) is 21.9. The summed E-state index contributed by atoms with van der Waals surface area (Å²) >= 11 is 0. The third-order valence-corrected chi connectivity index (χ3v) is 13.3. The summed E-state index contributed by atoms with van der Waals surface area (Å²) in [7, 11) is -13.4. The van der Waals surface area contributed by atoms with Gasteiger partial charge in [0.05, 0.1) is 16.4 Å². The molecule has 2 aliphatic heterocycles. The lowest BCUT2D eigenvalue weighted by Crippen LogP contribution is -2.36. The Morgan fingerprint density at radius 2 is 1.55 bits per heavy atom. The molecule has 1 fully saturated rings. The molecule has 0 saturated heterocycles. The van der Waals surface area contributed by atoms with Gasteiger partial charge in [0.25, 0.3) is 30.4 Å². The third kappa shape index (κ3) is 7.73. The summed E-state index contributed by atoms with van der Waals surface area (Å²) in [6, 6.07) is 10.3. The van der Waals surface area contributed by atoms with Crippen molar-refractivity contribution in [1.29, 1.82) is 0 Å². The van der Waals surface area contributed by atoms with E-state index in [-0.39, 0.29) is 23.4 Å². The van der Waals surface area contributed by atoms with Gasteiger partial charge in [-0.15, -0.1) is 0 Å². The second-order valence-corrected chi connectivity index (χ2v) is 19.4. The Labute approximate surface area is 310 Å². The monoisotopic (exact) mass is 789 g/mol. The van der Waals surface area contributed by atoms with E-state index in [4.69, 9.17) is 0 Å². The van der Waals surface area contributed by atoms with Crippen molar-refractivity contribution in [2.75, 3.05) is 29.5 Å². The van der Waals surface area contributed by atoms with Crippen LogP contribution in [0.4, 0.5) is 11.4 Å². The number of rotatable bonds is 12. The molecule has 0 radical (unpaired) electrons. The summed E-state index contributed by atoms with van der Waals surface area (Å²) in [5, 5.41) is 21.4. The third-order valence-electron chi connectivity index (χ3n) is 10.9. The molecule has 2 aromatic carbocycles. The first-order valence-electron chi connectivity index (χ1n) is 17.2. The Morgan fingerprint density at radius 3 is 2.21 bits per heavy atom. The van der Waals surface area contributed by atoms with E-state index in [1.807, 2.05) is 62.1 Å². The van der Waals surface area contributed by atoms with E-state index in [1.54, 1.807) is 4.58 Å². The number of benzene rings is 2. The number of aryl methyl sites for hydroxylation is 1. The van der Waals surface area contributed by atoms with Crippen molar-refractivity contribution >= 4 is 47.4 Å². The highest BCUT2D eigenvalue weighted by atomic mass is 32.2. The largest absolute Gasteiger partial charge is 0.390 e. The summed E-state index contributed by atoms with van der Waals surface area (Å²) < 4.78 is 101. The number of aliphatic hydroxyl groups is 2. The van der Waals surface area contributed by atoms with E-state index in [2.05, 4.69) is 13.0 Å². The van der Waals surface area contributed by atoms with Gasteiger partial charge in [-0.05, 0) is 82.7 Å². The second kappa shape index (κ2) is 13.7. The predicted molar refractivity (Wildman–Crippen MR) is 201 cm³/mol. The lowest BCUT2D eigenvalue weighted by molar-refractivity contribution is -0.448. The van der Waals surface area contributed by atoms with Crippen LogP contribution in [0, 0.1) is 6.92 Å². The molecule has 0 bridgehead atoms. The summed E-state index contributed by atoms with van der Waals surface area (Å²) in [6.45, 7) is 7.83. The molecular formula is C37H45N2O11S3+. The van der Waals surface area contributed by atoms with E-state index >= 15 is 0 Å². The van der Waals surface area contributed by atoms with Crippen LogP contribution in [-0.4, -0.2) is 96.2 Å². The van der Waals surface area contributed by atoms with Gasteiger partial charge >= 0.3 is 0 Å². The van der Waals surface area contributed by atoms with Crippen LogP contribution in [-0.2, 0) is 41.2 Å². The van der Waals surface area contributed by atoms with Crippen molar-refractivity contribution in [1.82, 2.24) is 0 Å². The van der Waals surface area contributed by atoms with Crippen molar-refractivity contribution in [2.24, 2.45) is 0 Å². The van der Waals surface area contributed by atoms with Crippen LogP contribution in [0.3, 0.4) is 0 Å². The minimum Gasteiger partial charge on any atom is -0.390 e. The summed E-state index contributed by atoms with van der Waals surface area (Å²) in [6.07, 6.45) is 7.83. The number of nitrogens with zero attached hydrogens (tertiary/aromatic N) is 2. The topological polar surface area (TPSA) is 210 Å². The normalized spacial score (nSPS) is 25.0. The number of fused-ring (bicyclic) bond motifs is 6. The van der Waals surface area contributed by atoms with Crippen LogP contribution in [0.5, 0.6) is 0 Å². The molecule has 0 spiro atoms. The first kappa shape index (κ1) is 39.2. The zero-order valence-electron chi connectivity index (χ0n) is 29.9. The average Bonchev–Trinajstić information content (AvgIpc) is 3.68. The van der Waals surface area contributed by atoms with Gasteiger partial charge in [0.2, 0.25) is 5.69 Å². The van der Waals surface area contributed by atoms with E-state index in [1.165, 1.54) is 18.2 Å². The number of anilines is 1. The highest BCUT2D eigenvalue weighted by Crippen LogP contribution is 2.56. The van der Waals surface area contributed by atoms with Crippen molar-refractivity contribution in [2.45, 2.75) is 81.3 Å². The fourth-order valence-corrected chi connectivity index (χ4v) is 10.3. The van der Waals surface area contributed by atoms with Gasteiger partial charge in [-0.3, -0.25) is 13.7 Å². The van der Waals surface area contributed by atoms with E-state index in [0.717, 1.165) is 57.8 Å². The Bertz CT molecular complexity index is 2380. The molecule has 4 aliphatic rings. The van der Waals surface area contributed by atoms with Crippen LogP contribution in [0.2, 0.25) is 0 Å². The first-order chi connectivity index (χ1) is 24.5. The van der Waals surface area contributed by atoms with Crippen molar-refractivity contribution in [3.63, 3.8) is 0 Å². The number of hydrogen-bond donors (Lipinski definition) is 5. The highest BCUT2D eigenvalue weighted by Gasteiger charge is 2.54. The number of allylic oxidation sites excluding steroid dienone is 8. The average molecular weight is 790 g/mol. The van der Waals surface area contributed by atoms with Crippen LogP contribution >= 0.6 is 0 Å². The molecule has 16 heteroatoms. The molecule has 5 N–H and O–H groups in total. The Hall–Kier alpha value is -3.48. The van der Waals surface area contributed by atoms with Crippen LogP contribution < -0.4 is 4.90 Å². The molecule has 6 rings (SSSR count). The molecule has 13 nitrogen and oxygen atoms in total. The molecular weight excluding hydrogens is 745 g/mol. The smallest absolute Gasteiger partial charge is 0.294 e. The zero-order valence-corrected chi connectivity index (χ0v) is 32.3. The Balaban J connectivity index is 1.35. The molecule has 4 unspecified atom stereocenters. The quantitative estimate of drug-likeness (QED) is 0.117. The van der Waals surface area contributed by atoms with E-state index < -0.39 is 59.5 Å². The van der Waals surface area contributed by atoms with Crippen molar-refractivity contribution < 1.29 is 53.7 Å². The number of aliphatic hydroxyl groups excluding tert-OH is 2.